The van der Waals surface area contributed by atoms with Gasteiger partial charge < -0.3 is 15.1 Å². The van der Waals surface area contributed by atoms with Crippen LogP contribution in [0.15, 0.2) is 58.0 Å². The summed E-state index contributed by atoms with van der Waals surface area (Å²) in [6.45, 7) is 0. The maximum absolute atomic E-state index is 5.89. The first-order chi connectivity index (χ1) is 10.3. The van der Waals surface area contributed by atoms with Crippen molar-refractivity contribution in [3.05, 3.63) is 54.4 Å². The van der Waals surface area contributed by atoms with Gasteiger partial charge in [-0.05, 0) is 24.3 Å². The molecule has 2 aromatic carbocycles. The van der Waals surface area contributed by atoms with Gasteiger partial charge in [-0.2, -0.15) is 0 Å². The summed E-state index contributed by atoms with van der Waals surface area (Å²) < 4.78 is 5.72. The summed E-state index contributed by atoms with van der Waals surface area (Å²) in [6.07, 6.45) is 0. The SMILES string of the molecule is Nc1cccc2oc(CSc3cc4ccccc4[nH]3)nc12. The third kappa shape index (κ3) is 2.25. The van der Waals surface area contributed by atoms with E-state index in [2.05, 4.69) is 28.2 Å². The van der Waals surface area contributed by atoms with Crippen molar-refractivity contribution in [2.45, 2.75) is 10.8 Å². The number of para-hydroxylation sites is 2. The Morgan fingerprint density at radius 2 is 2.05 bits per heavy atom. The highest BCUT2D eigenvalue weighted by Gasteiger charge is 2.09. The van der Waals surface area contributed by atoms with Crippen LogP contribution in [0.4, 0.5) is 5.69 Å². The molecule has 0 spiro atoms. The molecule has 4 rings (SSSR count). The monoisotopic (exact) mass is 295 g/mol. The molecule has 4 aromatic rings. The van der Waals surface area contributed by atoms with Gasteiger partial charge in [-0.25, -0.2) is 4.98 Å². The summed E-state index contributed by atoms with van der Waals surface area (Å²) in [4.78, 5) is 7.83. The van der Waals surface area contributed by atoms with Gasteiger partial charge in [0.2, 0.25) is 5.89 Å². The summed E-state index contributed by atoms with van der Waals surface area (Å²) in [5, 5.41) is 2.31. The number of rotatable bonds is 3. The van der Waals surface area contributed by atoms with Crippen LogP contribution in [0, 0.1) is 0 Å². The predicted octanol–water partition coefficient (Wildman–Crippen LogP) is 4.18. The summed E-state index contributed by atoms with van der Waals surface area (Å²) in [5.74, 6) is 1.35. The van der Waals surface area contributed by atoms with Crippen molar-refractivity contribution in [1.82, 2.24) is 9.97 Å². The van der Waals surface area contributed by atoms with E-state index < -0.39 is 0 Å². The van der Waals surface area contributed by atoms with Crippen LogP contribution >= 0.6 is 11.8 Å². The van der Waals surface area contributed by atoms with Gasteiger partial charge in [0.1, 0.15) is 5.52 Å². The number of nitrogens with zero attached hydrogens (tertiary/aromatic N) is 1. The molecule has 0 amide bonds. The third-order valence-corrected chi connectivity index (χ3v) is 4.27. The topological polar surface area (TPSA) is 67.8 Å². The number of oxazole rings is 1. The molecule has 3 N–H and O–H groups in total. The van der Waals surface area contributed by atoms with Crippen LogP contribution in [0.25, 0.3) is 22.0 Å². The zero-order valence-electron chi connectivity index (χ0n) is 11.2. The van der Waals surface area contributed by atoms with Crippen molar-refractivity contribution in [2.24, 2.45) is 0 Å². The predicted molar refractivity (Wildman–Crippen MR) is 86.3 cm³/mol. The third-order valence-electron chi connectivity index (χ3n) is 3.35. The minimum absolute atomic E-state index is 0.651. The molecular formula is C16H13N3OS. The van der Waals surface area contributed by atoms with Gasteiger partial charge in [0.05, 0.1) is 16.5 Å². The van der Waals surface area contributed by atoms with Crippen LogP contribution in [0.2, 0.25) is 0 Å². The van der Waals surface area contributed by atoms with Crippen molar-refractivity contribution < 1.29 is 4.42 Å². The molecule has 0 bridgehead atoms. The van der Waals surface area contributed by atoms with Gasteiger partial charge in [-0.3, -0.25) is 0 Å². The average Bonchev–Trinajstić information content (AvgIpc) is 3.09. The molecule has 0 aliphatic heterocycles. The minimum atomic E-state index is 0.651. The summed E-state index contributed by atoms with van der Waals surface area (Å²) in [6, 6.07) is 15.9. The Hall–Kier alpha value is -2.40. The zero-order chi connectivity index (χ0) is 14.2. The lowest BCUT2D eigenvalue weighted by molar-refractivity contribution is 0.556. The van der Waals surface area contributed by atoms with Gasteiger partial charge in [0, 0.05) is 10.9 Å². The van der Waals surface area contributed by atoms with Crippen molar-refractivity contribution in [1.29, 1.82) is 0 Å². The lowest BCUT2D eigenvalue weighted by atomic mass is 10.3. The van der Waals surface area contributed by atoms with Gasteiger partial charge in [-0.1, -0.05) is 36.0 Å². The summed E-state index contributed by atoms with van der Waals surface area (Å²) in [5.41, 5.74) is 9.16. The number of thioether (sulfide) groups is 1. The second-order valence-electron chi connectivity index (χ2n) is 4.81. The Kier molecular flexibility index (Phi) is 2.86. The van der Waals surface area contributed by atoms with Crippen LogP contribution in [0.5, 0.6) is 0 Å². The Labute approximate surface area is 125 Å². The highest BCUT2D eigenvalue weighted by atomic mass is 32.2. The fraction of sp³-hybridized carbons (Fsp3) is 0.0625. The first-order valence-electron chi connectivity index (χ1n) is 6.64. The molecule has 21 heavy (non-hydrogen) atoms. The Balaban J connectivity index is 1.58. The quantitative estimate of drug-likeness (QED) is 0.439. The van der Waals surface area contributed by atoms with Crippen LogP contribution < -0.4 is 5.73 Å². The molecule has 0 unspecified atom stereocenters. The Bertz CT molecular complexity index is 892. The van der Waals surface area contributed by atoms with Gasteiger partial charge in [-0.15, -0.1) is 0 Å². The van der Waals surface area contributed by atoms with Crippen LogP contribution in [0.3, 0.4) is 0 Å². The van der Waals surface area contributed by atoms with Crippen molar-refractivity contribution >= 4 is 39.5 Å². The smallest absolute Gasteiger partial charge is 0.205 e. The zero-order valence-corrected chi connectivity index (χ0v) is 12.0. The van der Waals surface area contributed by atoms with E-state index in [1.165, 1.54) is 5.39 Å². The molecule has 0 radical (unpaired) electrons. The number of benzene rings is 2. The molecule has 0 aliphatic rings. The van der Waals surface area contributed by atoms with Gasteiger partial charge in [0.15, 0.2) is 5.58 Å². The molecule has 4 nitrogen and oxygen atoms in total. The van der Waals surface area contributed by atoms with E-state index in [1.54, 1.807) is 11.8 Å². The number of nitrogen functional groups attached to an aromatic ring is 1. The molecule has 0 fully saturated rings. The molecule has 104 valence electrons. The highest BCUT2D eigenvalue weighted by molar-refractivity contribution is 7.98. The van der Waals surface area contributed by atoms with Crippen molar-refractivity contribution in [2.75, 3.05) is 5.73 Å². The Morgan fingerprint density at radius 1 is 1.14 bits per heavy atom. The standard InChI is InChI=1S/C16H13N3OS/c17-11-5-3-7-13-16(11)19-14(20-13)9-21-15-8-10-4-1-2-6-12(10)18-15/h1-8,18H,9,17H2. The van der Waals surface area contributed by atoms with Crippen molar-refractivity contribution in [3.63, 3.8) is 0 Å². The van der Waals surface area contributed by atoms with E-state index >= 15 is 0 Å². The lowest BCUT2D eigenvalue weighted by Gasteiger charge is -1.93. The number of fused-ring (bicyclic) bond motifs is 2. The summed E-state index contributed by atoms with van der Waals surface area (Å²) >= 11 is 1.67. The number of aromatic nitrogens is 2. The molecule has 0 saturated carbocycles. The van der Waals surface area contributed by atoms with E-state index in [-0.39, 0.29) is 0 Å². The number of nitrogens with one attached hydrogen (secondary N) is 1. The normalized spacial score (nSPS) is 11.4. The van der Waals surface area contributed by atoms with Crippen LogP contribution in [-0.4, -0.2) is 9.97 Å². The van der Waals surface area contributed by atoms with Crippen LogP contribution in [-0.2, 0) is 5.75 Å². The number of H-pyrrole nitrogens is 1. The first-order valence-corrected chi connectivity index (χ1v) is 7.62. The fourth-order valence-corrected chi connectivity index (χ4v) is 3.14. The highest BCUT2D eigenvalue weighted by Crippen LogP contribution is 2.28. The molecule has 2 heterocycles. The van der Waals surface area contributed by atoms with E-state index in [4.69, 9.17) is 10.2 Å². The van der Waals surface area contributed by atoms with Gasteiger partial charge in [0.25, 0.3) is 0 Å². The van der Waals surface area contributed by atoms with Gasteiger partial charge >= 0.3 is 0 Å². The first kappa shape index (κ1) is 12.3. The molecule has 5 heteroatoms. The lowest BCUT2D eigenvalue weighted by Crippen LogP contribution is -1.85. The molecule has 2 aromatic heterocycles. The van der Waals surface area contributed by atoms with Crippen molar-refractivity contribution in [3.8, 4) is 0 Å². The van der Waals surface area contributed by atoms with E-state index in [9.17, 15) is 0 Å². The van der Waals surface area contributed by atoms with Crippen LogP contribution in [0.1, 0.15) is 5.89 Å². The average molecular weight is 295 g/mol. The van der Waals surface area contributed by atoms with E-state index in [0.29, 0.717) is 17.3 Å². The number of nitrogens with two attached hydrogens (primary N) is 1. The maximum Gasteiger partial charge on any atom is 0.205 e. The number of anilines is 1. The minimum Gasteiger partial charge on any atom is -0.440 e. The maximum atomic E-state index is 5.89. The molecular weight excluding hydrogens is 282 g/mol. The second kappa shape index (κ2) is 4.86. The molecule has 0 saturated heterocycles. The van der Waals surface area contributed by atoms with E-state index in [0.717, 1.165) is 21.6 Å². The van der Waals surface area contributed by atoms with E-state index in [1.807, 2.05) is 30.3 Å². The fourth-order valence-electron chi connectivity index (χ4n) is 2.34. The summed E-state index contributed by atoms with van der Waals surface area (Å²) in [7, 11) is 0. The largest absolute Gasteiger partial charge is 0.440 e. The molecule has 0 aliphatic carbocycles. The number of aromatic amines is 1. The number of hydrogen-bond acceptors (Lipinski definition) is 4. The number of hydrogen-bond donors (Lipinski definition) is 2. The Morgan fingerprint density at radius 3 is 2.90 bits per heavy atom. The molecule has 0 atom stereocenters. The second-order valence-corrected chi connectivity index (χ2v) is 5.83.